The minimum absolute atomic E-state index is 0. The van der Waals surface area contributed by atoms with E-state index in [0.29, 0.717) is 0 Å². The van der Waals surface area contributed by atoms with Gasteiger partial charge in [0, 0.05) is 0 Å². The maximum atomic E-state index is 8.19. The van der Waals surface area contributed by atoms with Gasteiger partial charge in [0.2, 0.25) is 0 Å². The molecule has 0 unspecified atom stereocenters. The van der Waals surface area contributed by atoms with Crippen molar-refractivity contribution in [3.05, 3.63) is 16.0 Å². The van der Waals surface area contributed by atoms with Gasteiger partial charge >= 0.3 is 21.0 Å². The summed E-state index contributed by atoms with van der Waals surface area (Å²) in [5.41, 5.74) is 13.5. The molecule has 0 radical (unpaired) electrons. The fourth-order valence-corrected chi connectivity index (χ4v) is 0. The van der Waals surface area contributed by atoms with E-state index < -0.39 is 0 Å². The third kappa shape index (κ3) is 1520. The normalized spacial score (nSPS) is 1.57. The summed E-state index contributed by atoms with van der Waals surface area (Å²) < 4.78 is 8.19. The topological polar surface area (TPSA) is 75.8 Å². The molecule has 7 heteroatoms. The second-order valence-electron chi connectivity index (χ2n) is 0.0894. The van der Waals surface area contributed by atoms with Crippen LogP contribution in [0.1, 0.15) is 0 Å². The molecule has 4 nitrogen and oxygen atoms in total. The van der Waals surface area contributed by atoms with Gasteiger partial charge in [-0.1, -0.05) is 0 Å². The molecule has 43 valence electrons. The van der Waals surface area contributed by atoms with Gasteiger partial charge in [0.1, 0.15) is 0 Å². The molecule has 0 aliphatic rings. The standard InChI is InChI=1S/2ClH.N3.O.V/c;;1-3-2;;/h2*1H;;;/q;;-1;;. The third-order valence-electron chi connectivity index (χ3n) is 0. The van der Waals surface area contributed by atoms with Gasteiger partial charge in [-0.05, 0) is 0 Å². The van der Waals surface area contributed by atoms with Gasteiger partial charge in [0.25, 0.3) is 0 Å². The fraction of sp³-hybridized carbons (Fsp3) is 0. The Labute approximate surface area is 62.1 Å². The van der Waals surface area contributed by atoms with Crippen LogP contribution in [-0.4, -0.2) is 0 Å². The van der Waals surface area contributed by atoms with E-state index in [-0.39, 0.29) is 24.8 Å². The summed E-state index contributed by atoms with van der Waals surface area (Å²) in [4.78, 5) is 1.50. The number of hydrogen-bond acceptors (Lipinski definition) is 1. The summed E-state index contributed by atoms with van der Waals surface area (Å²) in [5, 5.41) is 0. The van der Waals surface area contributed by atoms with E-state index in [0.717, 1.165) is 17.4 Å². The van der Waals surface area contributed by atoms with E-state index >= 15 is 0 Å². The van der Waals surface area contributed by atoms with Crippen molar-refractivity contribution >= 4 is 24.8 Å². The summed E-state index contributed by atoms with van der Waals surface area (Å²) in [6, 6.07) is 0. The van der Waals surface area contributed by atoms with Gasteiger partial charge in [-0.2, -0.15) is 0 Å². The Morgan fingerprint density at radius 1 is 1.14 bits per heavy atom. The van der Waals surface area contributed by atoms with Crippen molar-refractivity contribution in [1.82, 2.24) is 0 Å². The molecule has 0 rings (SSSR count). The Morgan fingerprint density at radius 2 is 1.14 bits per heavy atom. The van der Waals surface area contributed by atoms with Crippen LogP contribution in [0.15, 0.2) is 0 Å². The first-order valence-electron chi connectivity index (χ1n) is 0.583. The monoisotopic (exact) mass is 181 g/mol. The van der Waals surface area contributed by atoms with Crippen LogP contribution >= 0.6 is 24.8 Å². The summed E-state index contributed by atoms with van der Waals surface area (Å²) >= 11 is 1.06. The van der Waals surface area contributed by atoms with Crippen LogP contribution in [0.2, 0.25) is 0 Å². The Kier molecular flexibility index (Phi) is 410. The minimum atomic E-state index is 0. The molecule has 0 aromatic rings. The molecule has 0 atom stereocenters. The molecule has 0 saturated carbocycles. The first-order valence-corrected chi connectivity index (χ1v) is 1.15. The van der Waals surface area contributed by atoms with E-state index in [4.69, 9.17) is 14.7 Å². The number of rotatable bonds is 0. The molecule has 0 saturated heterocycles. The van der Waals surface area contributed by atoms with E-state index in [1.165, 1.54) is 4.91 Å². The molecule has 0 aromatic heterocycles. The maximum absolute atomic E-state index is 8.19. The molecule has 0 aliphatic carbocycles. The van der Waals surface area contributed by atoms with Crippen molar-refractivity contribution in [1.29, 1.82) is 0 Å². The first-order chi connectivity index (χ1) is 2.41. The molecule has 0 amide bonds. The number of hydrogen-bond donors (Lipinski definition) is 0. The molecule has 7 heavy (non-hydrogen) atoms. The van der Waals surface area contributed by atoms with Crippen molar-refractivity contribution in [2.24, 2.45) is 0 Å². The van der Waals surface area contributed by atoms with Gasteiger partial charge in [-0.25, -0.2) is 0 Å². The van der Waals surface area contributed by atoms with Gasteiger partial charge in [0.05, 0.1) is 0 Å². The third-order valence-corrected chi connectivity index (χ3v) is 0. The molecule has 0 heterocycles. The van der Waals surface area contributed by atoms with Crippen LogP contribution in [0.3, 0.4) is 0 Å². The molecule has 0 bridgehead atoms. The molecular formula is H2Cl2N3OV-. The first kappa shape index (κ1) is 26.7. The average molecular weight is 182 g/mol. The van der Waals surface area contributed by atoms with Gasteiger partial charge < -0.3 is 11.1 Å². The van der Waals surface area contributed by atoms with Crippen molar-refractivity contribution in [2.45, 2.75) is 0 Å². The average Bonchev–Trinajstić information content (AvgIpc) is 1.46. The van der Waals surface area contributed by atoms with Crippen LogP contribution in [0.25, 0.3) is 16.0 Å². The van der Waals surface area contributed by atoms with Gasteiger partial charge in [0.15, 0.2) is 0 Å². The van der Waals surface area contributed by atoms with Crippen LogP contribution in [-0.2, 0) is 21.0 Å². The van der Waals surface area contributed by atoms with E-state index in [2.05, 4.69) is 0 Å². The SMILES string of the molecule is Cl.Cl.[N-]=[N+]=[N-].[O]=[V]. The second-order valence-corrected chi connectivity index (χ2v) is 0.0894. The van der Waals surface area contributed by atoms with E-state index in [1.807, 2.05) is 0 Å². The summed E-state index contributed by atoms with van der Waals surface area (Å²) in [6.07, 6.45) is 0. The zero-order chi connectivity index (χ0) is 4.71. The zero-order valence-electron chi connectivity index (χ0n) is 3.01. The predicted molar refractivity (Wildman–Crippen MR) is 25.3 cm³/mol. The Morgan fingerprint density at radius 3 is 1.14 bits per heavy atom. The quantitative estimate of drug-likeness (QED) is 0.318. The van der Waals surface area contributed by atoms with Gasteiger partial charge in [-0.3, -0.25) is 4.91 Å². The summed E-state index contributed by atoms with van der Waals surface area (Å²) in [6.45, 7) is 0. The van der Waals surface area contributed by atoms with Crippen LogP contribution in [0.5, 0.6) is 0 Å². The fourth-order valence-electron chi connectivity index (χ4n) is 0. The summed E-state index contributed by atoms with van der Waals surface area (Å²) in [5.74, 6) is 0. The Balaban J connectivity index is -0.0000000105. The van der Waals surface area contributed by atoms with Crippen molar-refractivity contribution in [3.63, 3.8) is 0 Å². The van der Waals surface area contributed by atoms with E-state index in [9.17, 15) is 0 Å². The van der Waals surface area contributed by atoms with Crippen molar-refractivity contribution < 1.29 is 21.0 Å². The number of nitrogens with zero attached hydrogens (tertiary/aromatic N) is 3. The molecule has 0 fully saturated rings. The predicted octanol–water partition coefficient (Wildman–Crippen LogP) is 1.59. The molecule has 0 spiro atoms. The van der Waals surface area contributed by atoms with Crippen LogP contribution in [0.4, 0.5) is 0 Å². The molecule has 0 aliphatic heterocycles. The van der Waals surface area contributed by atoms with Crippen LogP contribution in [0, 0.1) is 0 Å². The Bertz CT molecular complexity index is 42.2. The molecule has 0 aromatic carbocycles. The Hall–Kier alpha value is 0.274. The van der Waals surface area contributed by atoms with Crippen molar-refractivity contribution in [3.8, 4) is 0 Å². The molecule has 0 N–H and O–H groups in total. The van der Waals surface area contributed by atoms with Crippen molar-refractivity contribution in [2.75, 3.05) is 0 Å². The zero-order valence-corrected chi connectivity index (χ0v) is 6.04. The van der Waals surface area contributed by atoms with E-state index in [1.54, 1.807) is 0 Å². The second kappa shape index (κ2) is 107. The summed E-state index contributed by atoms with van der Waals surface area (Å²) in [7, 11) is 0. The van der Waals surface area contributed by atoms with Gasteiger partial charge in [-0.15, -0.1) is 24.8 Å². The van der Waals surface area contributed by atoms with Crippen LogP contribution < -0.4 is 0 Å². The number of halogens is 2. The molecular weight excluding hydrogens is 180 g/mol.